The van der Waals surface area contributed by atoms with Crippen LogP contribution in [0.4, 0.5) is 17.1 Å². The highest BCUT2D eigenvalue weighted by Crippen LogP contribution is 2.39. The zero-order valence-electron chi connectivity index (χ0n) is 12.9. The largest absolute Gasteiger partial charge is 0.369 e. The molecule has 2 unspecified atom stereocenters. The molecule has 24 heavy (non-hydrogen) atoms. The number of rotatable bonds is 5. The molecule has 2 heterocycles. The van der Waals surface area contributed by atoms with Crippen molar-refractivity contribution in [2.24, 2.45) is 0 Å². The third-order valence-corrected chi connectivity index (χ3v) is 3.94. The maximum Gasteiger partial charge on any atom is 0.295 e. The minimum Gasteiger partial charge on any atom is -0.369 e. The molecule has 0 aliphatic carbocycles. The molecule has 1 aliphatic heterocycles. The summed E-state index contributed by atoms with van der Waals surface area (Å²) in [4.78, 5) is 16.5. The second kappa shape index (κ2) is 6.46. The van der Waals surface area contributed by atoms with Gasteiger partial charge < -0.3 is 25.0 Å². The summed E-state index contributed by atoms with van der Waals surface area (Å²) in [6.45, 7) is 4.25. The molecule has 1 aliphatic rings. The number of nitrogens with one attached hydrogen (secondary N) is 1. The molecular formula is C15H18N5O4. The zero-order chi connectivity index (χ0) is 17.3. The Balaban J connectivity index is 2.13. The van der Waals surface area contributed by atoms with Crippen molar-refractivity contribution in [3.05, 3.63) is 47.9 Å². The van der Waals surface area contributed by atoms with Gasteiger partial charge in [-0.2, -0.15) is 0 Å². The van der Waals surface area contributed by atoms with E-state index in [0.717, 1.165) is 0 Å². The Morgan fingerprint density at radius 3 is 2.79 bits per heavy atom. The van der Waals surface area contributed by atoms with Crippen LogP contribution in [0, 0.1) is 17.0 Å². The van der Waals surface area contributed by atoms with Crippen LogP contribution < -0.4 is 10.2 Å². The molecule has 3 N–H and O–H groups in total. The molecule has 0 bridgehead atoms. The molecule has 0 spiro atoms. The van der Waals surface area contributed by atoms with Gasteiger partial charge in [-0.25, -0.2) is 4.98 Å². The van der Waals surface area contributed by atoms with E-state index in [1.54, 1.807) is 17.2 Å². The van der Waals surface area contributed by atoms with Crippen molar-refractivity contribution < 1.29 is 15.1 Å². The first kappa shape index (κ1) is 16.2. The molecule has 0 saturated carbocycles. The number of unbranched alkanes of at least 4 members (excludes halogenated alkanes) is 1. The smallest absolute Gasteiger partial charge is 0.295 e. The fourth-order valence-corrected chi connectivity index (χ4v) is 2.76. The average Bonchev–Trinajstić information content (AvgIpc) is 3.08. The Kier molecular flexibility index (Phi) is 4.36. The van der Waals surface area contributed by atoms with E-state index >= 15 is 0 Å². The Bertz CT molecular complexity index is 734. The lowest BCUT2D eigenvalue weighted by atomic mass is 10.1. The van der Waals surface area contributed by atoms with Crippen molar-refractivity contribution in [1.82, 2.24) is 9.55 Å². The van der Waals surface area contributed by atoms with E-state index in [1.807, 2.05) is 0 Å². The molecule has 1 radical (unpaired) electrons. The van der Waals surface area contributed by atoms with Gasteiger partial charge in [0.15, 0.2) is 12.5 Å². The SMILES string of the molecule is [CH2]CCCN1c2cc(-n3ccnc3)c([N+](=O)[O-])cc2NC(O)C1O. The Morgan fingerprint density at radius 2 is 2.17 bits per heavy atom. The van der Waals surface area contributed by atoms with Gasteiger partial charge in [0.25, 0.3) is 5.69 Å². The number of imidazole rings is 1. The number of anilines is 2. The lowest BCUT2D eigenvalue weighted by Crippen LogP contribution is -2.51. The molecule has 0 amide bonds. The summed E-state index contributed by atoms with van der Waals surface area (Å²) < 4.78 is 1.54. The van der Waals surface area contributed by atoms with Crippen molar-refractivity contribution in [2.75, 3.05) is 16.8 Å². The van der Waals surface area contributed by atoms with Crippen LogP contribution in [0.2, 0.25) is 0 Å². The summed E-state index contributed by atoms with van der Waals surface area (Å²) in [7, 11) is 0. The van der Waals surface area contributed by atoms with Crippen molar-refractivity contribution in [2.45, 2.75) is 25.3 Å². The Morgan fingerprint density at radius 1 is 1.38 bits per heavy atom. The van der Waals surface area contributed by atoms with Gasteiger partial charge in [0, 0.05) is 25.0 Å². The van der Waals surface area contributed by atoms with Crippen molar-refractivity contribution in [1.29, 1.82) is 0 Å². The number of hydrogen-bond donors (Lipinski definition) is 3. The Hall–Kier alpha value is -2.65. The van der Waals surface area contributed by atoms with Gasteiger partial charge >= 0.3 is 0 Å². The second-order valence-electron chi connectivity index (χ2n) is 5.49. The highest BCUT2D eigenvalue weighted by molar-refractivity contribution is 5.80. The number of aliphatic hydroxyl groups excluding tert-OH is 2. The minimum atomic E-state index is -1.24. The van der Waals surface area contributed by atoms with Gasteiger partial charge in [0.2, 0.25) is 0 Å². The fraction of sp³-hybridized carbons (Fsp3) is 0.333. The van der Waals surface area contributed by atoms with Crippen LogP contribution in [0.5, 0.6) is 0 Å². The normalized spacial score (nSPS) is 19.7. The third-order valence-electron chi connectivity index (χ3n) is 3.94. The lowest BCUT2D eigenvalue weighted by Gasteiger charge is -2.39. The van der Waals surface area contributed by atoms with Crippen LogP contribution >= 0.6 is 0 Å². The molecule has 2 atom stereocenters. The lowest BCUT2D eigenvalue weighted by molar-refractivity contribution is -0.384. The molecular weight excluding hydrogens is 314 g/mol. The second-order valence-corrected chi connectivity index (χ2v) is 5.49. The average molecular weight is 332 g/mol. The molecule has 0 saturated heterocycles. The molecule has 9 heteroatoms. The standard InChI is InChI=1S/C15H18N5O4/c1-2-3-5-19-11-8-12(18-6-4-16-9-18)13(20(23)24)7-10(11)17-14(21)15(19)22/h4,6-9,14-15,17,21-22H,1-3,5H2. The number of aromatic nitrogens is 2. The van der Waals surface area contributed by atoms with Crippen molar-refractivity contribution in [3.63, 3.8) is 0 Å². The summed E-state index contributed by atoms with van der Waals surface area (Å²) in [6, 6.07) is 2.97. The zero-order valence-corrected chi connectivity index (χ0v) is 12.9. The third kappa shape index (κ3) is 2.79. The monoisotopic (exact) mass is 332 g/mol. The van der Waals surface area contributed by atoms with Crippen molar-refractivity contribution >= 4 is 17.1 Å². The summed E-state index contributed by atoms with van der Waals surface area (Å²) in [5, 5.41) is 34.3. The predicted octanol–water partition coefficient (Wildman–Crippen LogP) is 1.26. The van der Waals surface area contributed by atoms with Gasteiger partial charge in [-0.05, 0) is 12.5 Å². The first-order valence-electron chi connectivity index (χ1n) is 7.52. The molecule has 9 nitrogen and oxygen atoms in total. The number of nitro benzene ring substituents is 1. The van der Waals surface area contributed by atoms with Gasteiger partial charge in [-0.1, -0.05) is 13.3 Å². The quantitative estimate of drug-likeness (QED) is 0.557. The first-order chi connectivity index (χ1) is 11.5. The molecule has 0 fully saturated rings. The van der Waals surface area contributed by atoms with Gasteiger partial charge in [0.05, 0.1) is 22.6 Å². The van der Waals surface area contributed by atoms with E-state index in [0.29, 0.717) is 36.4 Å². The topological polar surface area (TPSA) is 117 Å². The van der Waals surface area contributed by atoms with Crippen LogP contribution in [0.1, 0.15) is 12.8 Å². The molecule has 1 aromatic carbocycles. The first-order valence-corrected chi connectivity index (χ1v) is 7.52. The summed E-state index contributed by atoms with van der Waals surface area (Å²) >= 11 is 0. The van der Waals surface area contributed by atoms with Crippen LogP contribution in [0.15, 0.2) is 30.9 Å². The van der Waals surface area contributed by atoms with E-state index in [9.17, 15) is 20.3 Å². The highest BCUT2D eigenvalue weighted by Gasteiger charge is 2.33. The summed E-state index contributed by atoms with van der Waals surface area (Å²) in [6.07, 6.45) is 3.60. The number of fused-ring (bicyclic) bond motifs is 1. The number of hydrogen-bond acceptors (Lipinski definition) is 7. The number of aliphatic hydroxyl groups is 2. The maximum absolute atomic E-state index is 11.4. The van der Waals surface area contributed by atoms with E-state index < -0.39 is 17.4 Å². The Labute approximate surface area is 138 Å². The molecule has 127 valence electrons. The van der Waals surface area contributed by atoms with Gasteiger partial charge in [-0.15, -0.1) is 0 Å². The highest BCUT2D eigenvalue weighted by atomic mass is 16.6. The summed E-state index contributed by atoms with van der Waals surface area (Å²) in [5.41, 5.74) is 1.18. The number of nitro groups is 1. The van der Waals surface area contributed by atoms with E-state index in [1.165, 1.54) is 23.2 Å². The molecule has 3 rings (SSSR count). The van der Waals surface area contributed by atoms with Gasteiger partial charge in [-0.3, -0.25) is 10.1 Å². The van der Waals surface area contributed by atoms with E-state index in [-0.39, 0.29) is 5.69 Å². The van der Waals surface area contributed by atoms with E-state index in [2.05, 4.69) is 17.2 Å². The molecule has 2 aromatic rings. The number of benzene rings is 1. The fourth-order valence-electron chi connectivity index (χ4n) is 2.76. The van der Waals surface area contributed by atoms with Crippen LogP contribution in [0.25, 0.3) is 5.69 Å². The molecule has 1 aromatic heterocycles. The number of nitrogens with zero attached hydrogens (tertiary/aromatic N) is 4. The van der Waals surface area contributed by atoms with Crippen LogP contribution in [-0.2, 0) is 0 Å². The maximum atomic E-state index is 11.4. The van der Waals surface area contributed by atoms with Gasteiger partial charge in [0.1, 0.15) is 5.69 Å². The van der Waals surface area contributed by atoms with E-state index in [4.69, 9.17) is 0 Å². The summed E-state index contributed by atoms with van der Waals surface area (Å²) in [5.74, 6) is 0. The minimum absolute atomic E-state index is 0.125. The predicted molar refractivity (Wildman–Crippen MR) is 87.8 cm³/mol. The van der Waals surface area contributed by atoms with Crippen LogP contribution in [0.3, 0.4) is 0 Å². The van der Waals surface area contributed by atoms with Crippen LogP contribution in [-0.4, -0.2) is 43.7 Å². The van der Waals surface area contributed by atoms with Crippen molar-refractivity contribution in [3.8, 4) is 5.69 Å².